The molecule has 120 valence electrons. The molecule has 2 aliphatic rings. The van der Waals surface area contributed by atoms with Gasteiger partial charge in [-0.3, -0.25) is 9.59 Å². The van der Waals surface area contributed by atoms with Gasteiger partial charge in [0.15, 0.2) is 0 Å². The van der Waals surface area contributed by atoms with Crippen molar-refractivity contribution in [2.24, 2.45) is 17.8 Å². The highest BCUT2D eigenvalue weighted by atomic mass is 16.2. The van der Waals surface area contributed by atoms with Crippen LogP contribution in [-0.4, -0.2) is 35.8 Å². The summed E-state index contributed by atoms with van der Waals surface area (Å²) in [7, 11) is 0. The first-order valence-electron chi connectivity index (χ1n) is 8.59. The Bertz CT molecular complexity index is 383. The fourth-order valence-corrected chi connectivity index (χ4v) is 3.70. The van der Waals surface area contributed by atoms with Gasteiger partial charge in [-0.1, -0.05) is 46.5 Å². The van der Waals surface area contributed by atoms with Crippen molar-refractivity contribution in [2.75, 3.05) is 13.1 Å². The number of hydrogen-bond donors (Lipinski definition) is 1. The second-order valence-electron chi connectivity index (χ2n) is 7.12. The van der Waals surface area contributed by atoms with Gasteiger partial charge in [0.25, 0.3) is 0 Å². The zero-order valence-electron chi connectivity index (χ0n) is 13.7. The van der Waals surface area contributed by atoms with Gasteiger partial charge >= 0.3 is 0 Å². The molecular formula is C17H30N2O2. The van der Waals surface area contributed by atoms with Gasteiger partial charge in [-0.15, -0.1) is 0 Å². The van der Waals surface area contributed by atoms with Crippen LogP contribution in [0.2, 0.25) is 0 Å². The van der Waals surface area contributed by atoms with Crippen molar-refractivity contribution in [1.82, 2.24) is 10.2 Å². The highest BCUT2D eigenvalue weighted by Gasteiger charge is 2.35. The van der Waals surface area contributed by atoms with Crippen LogP contribution in [0.1, 0.15) is 59.3 Å². The number of nitrogens with zero attached hydrogens (tertiary/aromatic N) is 1. The quantitative estimate of drug-likeness (QED) is 0.847. The minimum Gasteiger partial charge on any atom is -0.342 e. The summed E-state index contributed by atoms with van der Waals surface area (Å²) in [5.74, 6) is 1.87. The van der Waals surface area contributed by atoms with E-state index >= 15 is 0 Å². The van der Waals surface area contributed by atoms with Crippen LogP contribution in [0.3, 0.4) is 0 Å². The zero-order chi connectivity index (χ0) is 15.4. The lowest BCUT2D eigenvalue weighted by molar-refractivity contribution is -0.146. The van der Waals surface area contributed by atoms with E-state index in [0.717, 1.165) is 31.2 Å². The van der Waals surface area contributed by atoms with Crippen molar-refractivity contribution in [3.05, 3.63) is 0 Å². The maximum Gasteiger partial charge on any atom is 0.245 e. The first kappa shape index (κ1) is 16.3. The second kappa shape index (κ2) is 7.28. The van der Waals surface area contributed by atoms with Gasteiger partial charge in [-0.2, -0.15) is 0 Å². The normalized spacial score (nSPS) is 32.0. The van der Waals surface area contributed by atoms with Gasteiger partial charge in [0.05, 0.1) is 6.54 Å². The number of nitrogens with one attached hydrogen (secondary N) is 1. The first-order chi connectivity index (χ1) is 10.0. The zero-order valence-corrected chi connectivity index (χ0v) is 13.7. The molecule has 4 atom stereocenters. The summed E-state index contributed by atoms with van der Waals surface area (Å²) in [5.41, 5.74) is 0. The summed E-state index contributed by atoms with van der Waals surface area (Å²) in [4.78, 5) is 26.2. The number of rotatable bonds is 5. The van der Waals surface area contributed by atoms with Crippen molar-refractivity contribution in [2.45, 2.75) is 65.3 Å². The minimum atomic E-state index is -0.318. The van der Waals surface area contributed by atoms with Gasteiger partial charge in [-0.25, -0.2) is 0 Å². The molecular weight excluding hydrogens is 264 g/mol. The Morgan fingerprint density at radius 3 is 2.76 bits per heavy atom. The summed E-state index contributed by atoms with van der Waals surface area (Å²) in [6, 6.07) is -0.318. The molecule has 4 heteroatoms. The van der Waals surface area contributed by atoms with Crippen LogP contribution < -0.4 is 5.32 Å². The monoisotopic (exact) mass is 294 g/mol. The summed E-state index contributed by atoms with van der Waals surface area (Å²) in [6.45, 7) is 7.41. The predicted octanol–water partition coefficient (Wildman–Crippen LogP) is 2.58. The van der Waals surface area contributed by atoms with E-state index in [2.05, 4.69) is 19.2 Å². The second-order valence-corrected chi connectivity index (χ2v) is 7.12. The average molecular weight is 294 g/mol. The Hall–Kier alpha value is -1.06. The summed E-state index contributed by atoms with van der Waals surface area (Å²) < 4.78 is 0. The van der Waals surface area contributed by atoms with Crippen LogP contribution >= 0.6 is 0 Å². The smallest absolute Gasteiger partial charge is 0.245 e. The highest BCUT2D eigenvalue weighted by Crippen LogP contribution is 2.31. The minimum absolute atomic E-state index is 0.00286. The van der Waals surface area contributed by atoms with E-state index < -0.39 is 0 Å². The molecule has 4 nitrogen and oxygen atoms in total. The van der Waals surface area contributed by atoms with Crippen LogP contribution in [0, 0.1) is 17.8 Å². The SMILES string of the molecule is CCC(C)C1NC(=O)CN(CCC2CCCC(C)C2)C1=O. The van der Waals surface area contributed by atoms with Crippen molar-refractivity contribution in [3.63, 3.8) is 0 Å². The lowest BCUT2D eigenvalue weighted by Crippen LogP contribution is -2.60. The number of amides is 2. The molecule has 1 heterocycles. The standard InChI is InChI=1S/C17H30N2O2/c1-4-13(3)16-17(21)19(11-15(20)18-16)9-8-14-7-5-6-12(2)10-14/h12-14,16H,4-11H2,1-3H3,(H,18,20). The fraction of sp³-hybridized carbons (Fsp3) is 0.882. The number of carbonyl (C=O) groups excluding carboxylic acids is 2. The summed E-state index contributed by atoms with van der Waals surface area (Å²) >= 11 is 0. The molecule has 1 aliphatic carbocycles. The topological polar surface area (TPSA) is 49.4 Å². The molecule has 0 aromatic rings. The largest absolute Gasteiger partial charge is 0.342 e. The van der Waals surface area contributed by atoms with Gasteiger partial charge in [-0.05, 0) is 30.6 Å². The Balaban J connectivity index is 1.89. The maximum atomic E-state index is 12.5. The molecule has 0 radical (unpaired) electrons. The van der Waals surface area contributed by atoms with E-state index in [0.29, 0.717) is 0 Å². The molecule has 21 heavy (non-hydrogen) atoms. The van der Waals surface area contributed by atoms with Crippen LogP contribution in [0.15, 0.2) is 0 Å². The molecule has 0 aromatic heterocycles. The summed E-state index contributed by atoms with van der Waals surface area (Å²) in [5, 5.41) is 2.86. The molecule has 4 unspecified atom stereocenters. The summed E-state index contributed by atoms with van der Waals surface area (Å²) in [6.07, 6.45) is 7.19. The first-order valence-corrected chi connectivity index (χ1v) is 8.59. The number of hydrogen-bond acceptors (Lipinski definition) is 2. The molecule has 1 aliphatic heterocycles. The Labute approximate surface area is 128 Å². The molecule has 1 saturated heterocycles. The predicted molar refractivity (Wildman–Crippen MR) is 83.7 cm³/mol. The van der Waals surface area contributed by atoms with Gasteiger partial charge in [0, 0.05) is 6.54 Å². The van der Waals surface area contributed by atoms with Gasteiger partial charge < -0.3 is 10.2 Å². The molecule has 0 spiro atoms. The Morgan fingerprint density at radius 2 is 2.10 bits per heavy atom. The van der Waals surface area contributed by atoms with Gasteiger partial charge in [0.1, 0.15) is 6.04 Å². The van der Waals surface area contributed by atoms with E-state index in [9.17, 15) is 9.59 Å². The molecule has 2 amide bonds. The van der Waals surface area contributed by atoms with E-state index in [1.54, 1.807) is 4.90 Å². The molecule has 0 bridgehead atoms. The van der Waals surface area contributed by atoms with Crippen LogP contribution in [0.5, 0.6) is 0 Å². The van der Waals surface area contributed by atoms with E-state index in [1.165, 1.54) is 25.7 Å². The van der Waals surface area contributed by atoms with Crippen molar-refractivity contribution < 1.29 is 9.59 Å². The van der Waals surface area contributed by atoms with Crippen molar-refractivity contribution in [1.29, 1.82) is 0 Å². The molecule has 0 aromatic carbocycles. The number of carbonyl (C=O) groups is 2. The number of piperazine rings is 1. The van der Waals surface area contributed by atoms with E-state index in [4.69, 9.17) is 0 Å². The lowest BCUT2D eigenvalue weighted by atomic mass is 9.81. The third kappa shape index (κ3) is 4.21. The highest BCUT2D eigenvalue weighted by molar-refractivity contribution is 5.95. The maximum absolute atomic E-state index is 12.5. The Morgan fingerprint density at radius 1 is 1.33 bits per heavy atom. The van der Waals surface area contributed by atoms with Crippen LogP contribution in [-0.2, 0) is 9.59 Å². The fourth-order valence-electron chi connectivity index (χ4n) is 3.70. The Kier molecular flexibility index (Phi) is 5.65. The average Bonchev–Trinajstić information content (AvgIpc) is 2.47. The van der Waals surface area contributed by atoms with Crippen LogP contribution in [0.25, 0.3) is 0 Å². The lowest BCUT2D eigenvalue weighted by Gasteiger charge is -2.36. The third-order valence-electron chi connectivity index (χ3n) is 5.29. The van der Waals surface area contributed by atoms with E-state index in [-0.39, 0.29) is 30.3 Å². The van der Waals surface area contributed by atoms with Crippen LogP contribution in [0.4, 0.5) is 0 Å². The molecule has 1 N–H and O–H groups in total. The van der Waals surface area contributed by atoms with Crippen molar-refractivity contribution >= 4 is 11.8 Å². The molecule has 1 saturated carbocycles. The van der Waals surface area contributed by atoms with Crippen molar-refractivity contribution in [3.8, 4) is 0 Å². The third-order valence-corrected chi connectivity index (χ3v) is 5.29. The van der Waals surface area contributed by atoms with E-state index in [1.807, 2.05) is 6.92 Å². The molecule has 2 rings (SSSR count). The molecule has 2 fully saturated rings. The van der Waals surface area contributed by atoms with Gasteiger partial charge in [0.2, 0.25) is 11.8 Å².